The predicted molar refractivity (Wildman–Crippen MR) is 74.4 cm³/mol. The molecule has 0 aliphatic heterocycles. The van der Waals surface area contributed by atoms with E-state index in [2.05, 4.69) is 24.3 Å². The van der Waals surface area contributed by atoms with Crippen LogP contribution >= 0.6 is 0 Å². The number of nitrogens with one attached hydrogen (secondary N) is 1. The number of hydrogen-bond donors (Lipinski definition) is 1. The molecule has 0 fully saturated rings. The minimum absolute atomic E-state index is 0.833. The van der Waals surface area contributed by atoms with Crippen molar-refractivity contribution >= 4 is 0 Å². The van der Waals surface area contributed by atoms with Gasteiger partial charge in [-0.2, -0.15) is 0 Å². The molecule has 0 spiro atoms. The lowest BCUT2D eigenvalue weighted by molar-refractivity contribution is 0.390. The van der Waals surface area contributed by atoms with Gasteiger partial charge in [-0.25, -0.2) is 0 Å². The van der Waals surface area contributed by atoms with Crippen LogP contribution in [0.5, 0.6) is 11.5 Å². The molecule has 18 heavy (non-hydrogen) atoms. The van der Waals surface area contributed by atoms with Crippen LogP contribution in [-0.4, -0.2) is 46.3 Å². The lowest BCUT2D eigenvalue weighted by Gasteiger charge is -2.11. The molecule has 0 bridgehead atoms. The molecular weight excluding hydrogens is 228 g/mol. The summed E-state index contributed by atoms with van der Waals surface area (Å²) in [4.78, 5) is 2.19. The Bertz CT molecular complexity index is 331. The molecule has 0 heterocycles. The fourth-order valence-corrected chi connectivity index (χ4v) is 1.72. The maximum absolute atomic E-state index is 5.24. The number of nitrogens with zero attached hydrogens (tertiary/aromatic N) is 1. The highest BCUT2D eigenvalue weighted by molar-refractivity contribution is 5.38. The van der Waals surface area contributed by atoms with Crippen molar-refractivity contribution in [2.75, 3.05) is 41.4 Å². The number of ether oxygens (including phenoxy) is 2. The van der Waals surface area contributed by atoms with Crippen molar-refractivity contribution in [1.82, 2.24) is 10.2 Å². The summed E-state index contributed by atoms with van der Waals surface area (Å²) >= 11 is 0. The molecule has 0 aliphatic carbocycles. The Hall–Kier alpha value is -1.26. The molecule has 0 saturated carbocycles. The van der Waals surface area contributed by atoms with Crippen LogP contribution in [0.2, 0.25) is 0 Å². The molecule has 0 unspecified atom stereocenters. The second kappa shape index (κ2) is 7.95. The molecule has 4 heteroatoms. The van der Waals surface area contributed by atoms with E-state index in [1.165, 1.54) is 5.56 Å². The predicted octanol–water partition coefficient (Wildman–Crippen LogP) is 1.75. The van der Waals surface area contributed by atoms with Crippen LogP contribution in [0.1, 0.15) is 12.0 Å². The van der Waals surface area contributed by atoms with E-state index in [0.717, 1.165) is 37.6 Å². The minimum Gasteiger partial charge on any atom is -0.497 e. The Morgan fingerprint density at radius 3 is 2.17 bits per heavy atom. The van der Waals surface area contributed by atoms with Crippen molar-refractivity contribution in [2.45, 2.75) is 13.0 Å². The van der Waals surface area contributed by atoms with Crippen LogP contribution in [0, 0.1) is 0 Å². The normalized spacial score (nSPS) is 10.7. The topological polar surface area (TPSA) is 33.7 Å². The van der Waals surface area contributed by atoms with E-state index in [4.69, 9.17) is 9.47 Å². The second-order valence-electron chi connectivity index (χ2n) is 4.55. The van der Waals surface area contributed by atoms with Gasteiger partial charge in [0.25, 0.3) is 0 Å². The lowest BCUT2D eigenvalue weighted by Crippen LogP contribution is -2.21. The van der Waals surface area contributed by atoms with Gasteiger partial charge in [-0.15, -0.1) is 0 Å². The molecule has 0 saturated heterocycles. The second-order valence-corrected chi connectivity index (χ2v) is 4.55. The highest BCUT2D eigenvalue weighted by Gasteiger charge is 2.01. The molecule has 4 nitrogen and oxygen atoms in total. The van der Waals surface area contributed by atoms with Crippen LogP contribution in [-0.2, 0) is 6.54 Å². The van der Waals surface area contributed by atoms with E-state index in [1.54, 1.807) is 14.2 Å². The molecule has 0 aliphatic rings. The van der Waals surface area contributed by atoms with E-state index in [-0.39, 0.29) is 0 Å². The summed E-state index contributed by atoms with van der Waals surface area (Å²) in [5.41, 5.74) is 1.18. The molecule has 1 N–H and O–H groups in total. The monoisotopic (exact) mass is 252 g/mol. The first-order chi connectivity index (χ1) is 8.65. The summed E-state index contributed by atoms with van der Waals surface area (Å²) in [6.07, 6.45) is 1.15. The molecule has 1 aromatic carbocycles. The average molecular weight is 252 g/mol. The van der Waals surface area contributed by atoms with Crippen LogP contribution in [0.15, 0.2) is 18.2 Å². The Morgan fingerprint density at radius 2 is 1.67 bits per heavy atom. The summed E-state index contributed by atoms with van der Waals surface area (Å²) in [6.45, 7) is 2.95. The number of rotatable bonds is 8. The third-order valence-electron chi connectivity index (χ3n) is 2.70. The molecule has 0 radical (unpaired) electrons. The molecule has 0 aromatic heterocycles. The quantitative estimate of drug-likeness (QED) is 0.715. The first kappa shape index (κ1) is 14.8. The van der Waals surface area contributed by atoms with E-state index in [0.29, 0.717) is 0 Å². The zero-order valence-electron chi connectivity index (χ0n) is 11.8. The van der Waals surface area contributed by atoms with Gasteiger partial charge >= 0.3 is 0 Å². The van der Waals surface area contributed by atoms with E-state index in [9.17, 15) is 0 Å². The summed E-state index contributed by atoms with van der Waals surface area (Å²) in [7, 11) is 7.52. The van der Waals surface area contributed by atoms with Gasteiger partial charge in [-0.1, -0.05) is 0 Å². The van der Waals surface area contributed by atoms with Crippen molar-refractivity contribution in [3.05, 3.63) is 23.8 Å². The first-order valence-electron chi connectivity index (χ1n) is 6.23. The molecule has 1 rings (SSSR count). The van der Waals surface area contributed by atoms with Crippen molar-refractivity contribution in [2.24, 2.45) is 0 Å². The van der Waals surface area contributed by atoms with E-state index < -0.39 is 0 Å². The third-order valence-corrected chi connectivity index (χ3v) is 2.70. The van der Waals surface area contributed by atoms with Crippen LogP contribution in [0.3, 0.4) is 0 Å². The summed E-state index contributed by atoms with van der Waals surface area (Å²) in [5.74, 6) is 1.67. The Balaban J connectivity index is 2.41. The third kappa shape index (κ3) is 5.38. The maximum atomic E-state index is 5.24. The van der Waals surface area contributed by atoms with Gasteiger partial charge in [0.2, 0.25) is 0 Å². The Labute approximate surface area is 110 Å². The van der Waals surface area contributed by atoms with Crippen LogP contribution in [0.25, 0.3) is 0 Å². The zero-order chi connectivity index (χ0) is 13.4. The fraction of sp³-hybridized carbons (Fsp3) is 0.571. The van der Waals surface area contributed by atoms with Crippen molar-refractivity contribution in [3.8, 4) is 11.5 Å². The SMILES string of the molecule is COc1cc(CNCCCN(C)C)cc(OC)c1. The Kier molecular flexibility index (Phi) is 6.54. The zero-order valence-corrected chi connectivity index (χ0v) is 11.8. The summed E-state index contributed by atoms with van der Waals surface area (Å²) < 4.78 is 10.5. The average Bonchev–Trinajstić information content (AvgIpc) is 2.37. The molecule has 0 atom stereocenters. The molecule has 0 amide bonds. The van der Waals surface area contributed by atoms with Gasteiger partial charge in [0.15, 0.2) is 0 Å². The standard InChI is InChI=1S/C14H24N2O2/c1-16(2)7-5-6-15-11-12-8-13(17-3)10-14(9-12)18-4/h8-10,15H,5-7,11H2,1-4H3. The smallest absolute Gasteiger partial charge is 0.122 e. The van der Waals surface area contributed by atoms with Gasteiger partial charge in [-0.3, -0.25) is 0 Å². The molecule has 102 valence electrons. The van der Waals surface area contributed by atoms with Crippen molar-refractivity contribution in [1.29, 1.82) is 0 Å². The van der Waals surface area contributed by atoms with Crippen LogP contribution < -0.4 is 14.8 Å². The highest BCUT2D eigenvalue weighted by Crippen LogP contribution is 2.22. The largest absolute Gasteiger partial charge is 0.497 e. The van der Waals surface area contributed by atoms with Crippen molar-refractivity contribution in [3.63, 3.8) is 0 Å². The van der Waals surface area contributed by atoms with Gasteiger partial charge in [-0.05, 0) is 51.3 Å². The van der Waals surface area contributed by atoms with E-state index in [1.807, 2.05) is 18.2 Å². The number of benzene rings is 1. The number of methoxy groups -OCH3 is 2. The minimum atomic E-state index is 0.833. The van der Waals surface area contributed by atoms with Gasteiger partial charge < -0.3 is 19.7 Å². The fourth-order valence-electron chi connectivity index (χ4n) is 1.72. The summed E-state index contributed by atoms with van der Waals surface area (Å²) in [5, 5.41) is 3.42. The Morgan fingerprint density at radius 1 is 1.06 bits per heavy atom. The number of hydrogen-bond acceptors (Lipinski definition) is 4. The maximum Gasteiger partial charge on any atom is 0.122 e. The van der Waals surface area contributed by atoms with Gasteiger partial charge in [0.05, 0.1) is 14.2 Å². The van der Waals surface area contributed by atoms with Crippen LogP contribution in [0.4, 0.5) is 0 Å². The van der Waals surface area contributed by atoms with Gasteiger partial charge in [0.1, 0.15) is 11.5 Å². The molecule has 1 aromatic rings. The highest BCUT2D eigenvalue weighted by atomic mass is 16.5. The van der Waals surface area contributed by atoms with E-state index >= 15 is 0 Å². The summed E-state index contributed by atoms with van der Waals surface area (Å²) in [6, 6.07) is 5.94. The van der Waals surface area contributed by atoms with Crippen molar-refractivity contribution < 1.29 is 9.47 Å². The lowest BCUT2D eigenvalue weighted by atomic mass is 10.2. The first-order valence-corrected chi connectivity index (χ1v) is 6.23. The van der Waals surface area contributed by atoms with Gasteiger partial charge in [0, 0.05) is 12.6 Å². The molecular formula is C14H24N2O2.